The van der Waals surface area contributed by atoms with E-state index in [4.69, 9.17) is 4.52 Å². The summed E-state index contributed by atoms with van der Waals surface area (Å²) in [6.45, 7) is 5.67. The van der Waals surface area contributed by atoms with Crippen LogP contribution in [0, 0.1) is 0 Å². The van der Waals surface area contributed by atoms with Crippen molar-refractivity contribution < 1.29 is 17.7 Å². The van der Waals surface area contributed by atoms with Crippen molar-refractivity contribution in [1.29, 1.82) is 0 Å². The van der Waals surface area contributed by atoms with Crippen molar-refractivity contribution in [3.05, 3.63) is 17.5 Å². The molecule has 90 valence electrons. The molecule has 1 saturated carbocycles. The summed E-state index contributed by atoms with van der Waals surface area (Å²) in [6.07, 6.45) is -4.02. The average molecular weight is 233 g/mol. The monoisotopic (exact) mass is 233 g/mol. The third kappa shape index (κ3) is 1.62. The van der Waals surface area contributed by atoms with Crippen molar-refractivity contribution in [3.8, 4) is 0 Å². The minimum Gasteiger partial charge on any atom is -0.360 e. The Balaban J connectivity index is 2.34. The summed E-state index contributed by atoms with van der Waals surface area (Å²) in [5.41, 5.74) is -1.48. The van der Waals surface area contributed by atoms with Gasteiger partial charge in [0.05, 0.1) is 5.69 Å². The maximum absolute atomic E-state index is 12.8. The van der Waals surface area contributed by atoms with Crippen molar-refractivity contribution in [2.24, 2.45) is 0 Å². The van der Waals surface area contributed by atoms with Crippen LogP contribution in [0.4, 0.5) is 13.2 Å². The summed E-state index contributed by atoms with van der Waals surface area (Å²) in [6, 6.07) is 1.44. The molecule has 16 heavy (non-hydrogen) atoms. The molecule has 1 aromatic rings. The fraction of sp³-hybridized carbons (Fsp3) is 0.727. The van der Waals surface area contributed by atoms with E-state index in [0.717, 1.165) is 0 Å². The largest absolute Gasteiger partial charge is 0.401 e. The summed E-state index contributed by atoms with van der Waals surface area (Å²) >= 11 is 0. The first-order chi connectivity index (χ1) is 7.17. The topological polar surface area (TPSA) is 26.0 Å². The first-order valence-corrected chi connectivity index (χ1v) is 5.21. The van der Waals surface area contributed by atoms with Gasteiger partial charge in [-0.05, 0) is 12.8 Å². The Labute approximate surface area is 91.8 Å². The number of hydrogen-bond donors (Lipinski definition) is 0. The Morgan fingerprint density at radius 3 is 2.12 bits per heavy atom. The Morgan fingerprint density at radius 2 is 1.81 bits per heavy atom. The summed E-state index contributed by atoms with van der Waals surface area (Å²) < 4.78 is 43.3. The molecule has 0 amide bonds. The average Bonchev–Trinajstić information content (AvgIpc) is 2.75. The van der Waals surface area contributed by atoms with Crippen LogP contribution in [0.5, 0.6) is 0 Å². The third-order valence-electron chi connectivity index (χ3n) is 3.04. The Bertz CT molecular complexity index is 396. The number of aromatic nitrogens is 1. The molecule has 0 aromatic carbocycles. The standard InChI is InChI=1S/C11H14F3NO/c1-9(2,3)7-6-8(16-15-7)10(4-5-10)11(12,13)14/h6H,4-5H2,1-3H3. The van der Waals surface area contributed by atoms with Gasteiger partial charge in [0.1, 0.15) is 5.41 Å². The molecule has 1 fully saturated rings. The molecule has 2 nitrogen and oxygen atoms in total. The van der Waals surface area contributed by atoms with Crippen LogP contribution in [0.3, 0.4) is 0 Å². The van der Waals surface area contributed by atoms with E-state index in [1.54, 1.807) is 0 Å². The third-order valence-corrected chi connectivity index (χ3v) is 3.04. The smallest absolute Gasteiger partial charge is 0.360 e. The molecule has 2 rings (SSSR count). The molecule has 0 bridgehead atoms. The van der Waals surface area contributed by atoms with Crippen molar-refractivity contribution in [1.82, 2.24) is 5.16 Å². The zero-order valence-electron chi connectivity index (χ0n) is 9.48. The Hall–Kier alpha value is -1.00. The molecule has 1 heterocycles. The number of nitrogens with zero attached hydrogens (tertiary/aromatic N) is 1. The van der Waals surface area contributed by atoms with Crippen molar-refractivity contribution in [3.63, 3.8) is 0 Å². The van der Waals surface area contributed by atoms with Gasteiger partial charge in [0.2, 0.25) is 0 Å². The van der Waals surface area contributed by atoms with Crippen LogP contribution in [0.15, 0.2) is 10.6 Å². The van der Waals surface area contributed by atoms with Gasteiger partial charge in [-0.15, -0.1) is 0 Å². The SMILES string of the molecule is CC(C)(C)c1cc(C2(C(F)(F)F)CC2)on1. The van der Waals surface area contributed by atoms with E-state index in [2.05, 4.69) is 5.16 Å². The van der Waals surface area contributed by atoms with Gasteiger partial charge in [0, 0.05) is 11.5 Å². The highest BCUT2D eigenvalue weighted by atomic mass is 19.4. The van der Waals surface area contributed by atoms with Gasteiger partial charge in [-0.2, -0.15) is 13.2 Å². The van der Waals surface area contributed by atoms with Crippen molar-refractivity contribution in [2.75, 3.05) is 0 Å². The lowest BCUT2D eigenvalue weighted by Crippen LogP contribution is -2.28. The molecule has 0 atom stereocenters. The van der Waals surface area contributed by atoms with Crippen LogP contribution in [0.1, 0.15) is 45.1 Å². The lowest BCUT2D eigenvalue weighted by atomic mass is 9.91. The zero-order valence-corrected chi connectivity index (χ0v) is 9.48. The van der Waals surface area contributed by atoms with E-state index in [1.165, 1.54) is 6.07 Å². The number of rotatable bonds is 1. The first kappa shape index (κ1) is 11.5. The number of hydrogen-bond acceptors (Lipinski definition) is 2. The molecule has 0 spiro atoms. The molecule has 1 aromatic heterocycles. The molecular weight excluding hydrogens is 219 g/mol. The second kappa shape index (κ2) is 3.02. The predicted octanol–water partition coefficient (Wildman–Crippen LogP) is 3.57. The van der Waals surface area contributed by atoms with E-state index >= 15 is 0 Å². The molecular formula is C11H14F3NO. The number of alkyl halides is 3. The molecule has 0 unspecified atom stereocenters. The lowest BCUT2D eigenvalue weighted by molar-refractivity contribution is -0.165. The quantitative estimate of drug-likeness (QED) is 0.741. The summed E-state index contributed by atoms with van der Waals surface area (Å²) in [7, 11) is 0. The maximum Gasteiger partial charge on any atom is 0.401 e. The van der Waals surface area contributed by atoms with Gasteiger partial charge >= 0.3 is 6.18 Å². The van der Waals surface area contributed by atoms with E-state index in [9.17, 15) is 13.2 Å². The van der Waals surface area contributed by atoms with Gasteiger partial charge < -0.3 is 4.52 Å². The molecule has 0 saturated heterocycles. The van der Waals surface area contributed by atoms with Crippen molar-refractivity contribution in [2.45, 2.75) is 50.6 Å². The van der Waals surface area contributed by atoms with Crippen molar-refractivity contribution >= 4 is 0 Å². The van der Waals surface area contributed by atoms with Gasteiger partial charge in [0.25, 0.3) is 0 Å². The normalized spacial score (nSPS) is 19.9. The summed E-state index contributed by atoms with van der Waals surface area (Å²) in [5, 5.41) is 3.73. The van der Waals surface area contributed by atoms with E-state index in [1.807, 2.05) is 20.8 Å². The van der Waals surface area contributed by atoms with Crippen LogP contribution >= 0.6 is 0 Å². The lowest BCUT2D eigenvalue weighted by Gasteiger charge is -2.15. The minimum absolute atomic E-state index is 0.0371. The first-order valence-electron chi connectivity index (χ1n) is 5.21. The fourth-order valence-corrected chi connectivity index (χ4v) is 1.65. The van der Waals surface area contributed by atoms with E-state index < -0.39 is 11.6 Å². The maximum atomic E-state index is 12.8. The molecule has 0 radical (unpaired) electrons. The molecule has 1 aliphatic carbocycles. The van der Waals surface area contributed by atoms with Gasteiger partial charge in [-0.25, -0.2) is 0 Å². The van der Waals surface area contributed by atoms with Gasteiger partial charge in [-0.3, -0.25) is 0 Å². The van der Waals surface area contributed by atoms with Crippen LogP contribution in [0.2, 0.25) is 0 Å². The van der Waals surface area contributed by atoms with Gasteiger partial charge in [0.15, 0.2) is 5.76 Å². The second-order valence-electron chi connectivity index (χ2n) is 5.41. The van der Waals surface area contributed by atoms with Gasteiger partial charge in [-0.1, -0.05) is 25.9 Å². The molecule has 0 aliphatic heterocycles. The van der Waals surface area contributed by atoms with E-state index in [-0.39, 0.29) is 24.0 Å². The Kier molecular flexibility index (Phi) is 2.17. The van der Waals surface area contributed by atoms with Crippen LogP contribution in [-0.2, 0) is 10.8 Å². The highest BCUT2D eigenvalue weighted by Gasteiger charge is 2.66. The second-order valence-corrected chi connectivity index (χ2v) is 5.41. The molecule has 0 N–H and O–H groups in total. The Morgan fingerprint density at radius 1 is 1.25 bits per heavy atom. The summed E-state index contributed by atoms with van der Waals surface area (Å²) in [5.74, 6) is -0.0371. The zero-order chi connectivity index (χ0) is 12.2. The highest BCUT2D eigenvalue weighted by Crippen LogP contribution is 2.59. The van der Waals surface area contributed by atoms with E-state index in [0.29, 0.717) is 5.69 Å². The summed E-state index contributed by atoms with van der Waals surface area (Å²) in [4.78, 5) is 0. The molecule has 1 aliphatic rings. The number of halogens is 3. The minimum atomic E-state index is -4.23. The van der Waals surface area contributed by atoms with Crippen LogP contribution < -0.4 is 0 Å². The predicted molar refractivity (Wildman–Crippen MR) is 52.2 cm³/mol. The fourth-order valence-electron chi connectivity index (χ4n) is 1.65. The van der Waals surface area contributed by atoms with Crippen LogP contribution in [-0.4, -0.2) is 11.3 Å². The highest BCUT2D eigenvalue weighted by molar-refractivity contribution is 5.28. The molecule has 5 heteroatoms. The van der Waals surface area contributed by atoms with Crippen LogP contribution in [0.25, 0.3) is 0 Å².